The number of methoxy groups -OCH3 is 2. The maximum absolute atomic E-state index is 12.0. The van der Waals surface area contributed by atoms with Gasteiger partial charge in [-0.3, -0.25) is 0 Å². The van der Waals surface area contributed by atoms with Crippen LogP contribution in [0.4, 0.5) is 10.5 Å². The van der Waals surface area contributed by atoms with E-state index in [4.69, 9.17) is 23.7 Å². The zero-order valence-electron chi connectivity index (χ0n) is 23.1. The fourth-order valence-electron chi connectivity index (χ4n) is 5.23. The average molecular weight is 561 g/mol. The van der Waals surface area contributed by atoms with Crippen molar-refractivity contribution in [3.63, 3.8) is 0 Å². The number of carboxylic acid groups (broad SMARTS) is 1. The molecule has 11 heteroatoms. The first kappa shape index (κ1) is 29.9. The number of fused-ring (bicyclic) bond motifs is 1. The summed E-state index contributed by atoms with van der Waals surface area (Å²) in [5, 5.41) is 29.0. The number of hydrogen-bond donors (Lipinski definition) is 3. The lowest BCUT2D eigenvalue weighted by molar-refractivity contribution is -0.106. The molecule has 1 saturated heterocycles. The third-order valence-electron chi connectivity index (χ3n) is 7.31. The number of aliphatic hydroxyl groups excluding tert-OH is 2. The number of amides is 1. The van der Waals surface area contributed by atoms with Crippen LogP contribution in [0.3, 0.4) is 0 Å². The Labute approximate surface area is 234 Å². The summed E-state index contributed by atoms with van der Waals surface area (Å²) in [7, 11) is 3.29. The van der Waals surface area contributed by atoms with Crippen LogP contribution < -0.4 is 14.4 Å². The third-order valence-corrected chi connectivity index (χ3v) is 7.31. The molecule has 11 nitrogen and oxygen atoms in total. The molecule has 0 radical (unpaired) electrons. The topological polar surface area (TPSA) is 130 Å². The first-order chi connectivity index (χ1) is 19.4. The second-order valence-electron chi connectivity index (χ2n) is 10.0. The first-order valence-corrected chi connectivity index (χ1v) is 13.6. The van der Waals surface area contributed by atoms with Gasteiger partial charge in [-0.15, -0.1) is 0 Å². The number of likely N-dealkylation sites (tertiary alicyclic amines) is 1. The van der Waals surface area contributed by atoms with Crippen LogP contribution in [0.25, 0.3) is 0 Å². The Bertz CT molecular complexity index is 1080. The number of anilines is 1. The van der Waals surface area contributed by atoms with Gasteiger partial charge in [-0.2, -0.15) is 0 Å². The van der Waals surface area contributed by atoms with Crippen LogP contribution in [0.15, 0.2) is 42.5 Å². The van der Waals surface area contributed by atoms with Gasteiger partial charge in [0.15, 0.2) is 0 Å². The summed E-state index contributed by atoms with van der Waals surface area (Å²) >= 11 is 0. The number of aliphatic hydroxyl groups is 2. The first-order valence-electron chi connectivity index (χ1n) is 13.6. The highest BCUT2D eigenvalue weighted by molar-refractivity contribution is 5.65. The van der Waals surface area contributed by atoms with E-state index >= 15 is 0 Å². The molecule has 0 aromatic heterocycles. The summed E-state index contributed by atoms with van der Waals surface area (Å²) in [6.07, 6.45) is -2.37. The molecule has 4 atom stereocenters. The molecule has 1 fully saturated rings. The molecular formula is C29H40N2O9. The Kier molecular flexibility index (Phi) is 10.8. The number of rotatable bonds is 13. The molecule has 1 unspecified atom stereocenters. The Balaban J connectivity index is 1.56. The van der Waals surface area contributed by atoms with E-state index in [9.17, 15) is 20.1 Å². The van der Waals surface area contributed by atoms with Gasteiger partial charge in [0.1, 0.15) is 24.2 Å². The number of hydrogen-bond acceptors (Lipinski definition) is 9. The molecule has 2 aliphatic rings. The number of benzene rings is 2. The van der Waals surface area contributed by atoms with Crippen LogP contribution in [0.5, 0.6) is 11.5 Å². The van der Waals surface area contributed by atoms with Crippen molar-refractivity contribution >= 4 is 11.8 Å². The molecule has 0 saturated carbocycles. The number of nitrogens with zero attached hydrogens (tertiary/aromatic N) is 2. The van der Waals surface area contributed by atoms with Crippen LogP contribution in [-0.4, -0.2) is 111 Å². The van der Waals surface area contributed by atoms with E-state index in [0.29, 0.717) is 19.0 Å². The SMILES string of the molecule is COCCCN1CCOc2ccc(CO[C@H]3CN(C(=O)O)C[C@@H](OCC(O)CO)[C@@H]3c3ccc(OC)cc3)cc21. The molecule has 2 heterocycles. The van der Waals surface area contributed by atoms with Crippen LogP contribution in [-0.2, 0) is 20.8 Å². The lowest BCUT2D eigenvalue weighted by atomic mass is 9.84. The van der Waals surface area contributed by atoms with Crippen molar-refractivity contribution in [3.05, 3.63) is 53.6 Å². The van der Waals surface area contributed by atoms with Crippen molar-refractivity contribution < 1.29 is 43.8 Å². The maximum Gasteiger partial charge on any atom is 0.407 e. The molecule has 1 amide bonds. The van der Waals surface area contributed by atoms with Crippen LogP contribution >= 0.6 is 0 Å². The quantitative estimate of drug-likeness (QED) is 0.314. The van der Waals surface area contributed by atoms with Crippen molar-refractivity contribution in [2.45, 2.75) is 37.3 Å². The molecule has 2 aliphatic heterocycles. The minimum absolute atomic E-state index is 0.108. The smallest absolute Gasteiger partial charge is 0.407 e. The van der Waals surface area contributed by atoms with Gasteiger partial charge in [0.2, 0.25) is 0 Å². The summed E-state index contributed by atoms with van der Waals surface area (Å²) in [6.45, 7) is 2.89. The van der Waals surface area contributed by atoms with Gasteiger partial charge in [-0.1, -0.05) is 18.2 Å². The zero-order valence-corrected chi connectivity index (χ0v) is 23.1. The molecule has 2 aromatic carbocycles. The van der Waals surface area contributed by atoms with E-state index in [0.717, 1.165) is 42.1 Å². The number of carbonyl (C=O) groups is 1. The molecule has 2 aromatic rings. The maximum atomic E-state index is 12.0. The Hall–Kier alpha value is -3.09. The Morgan fingerprint density at radius 3 is 2.52 bits per heavy atom. The van der Waals surface area contributed by atoms with Crippen LogP contribution in [0.1, 0.15) is 23.5 Å². The normalized spacial score (nSPS) is 21.4. The second-order valence-corrected chi connectivity index (χ2v) is 10.0. The fraction of sp³-hybridized carbons (Fsp3) is 0.552. The monoisotopic (exact) mass is 560 g/mol. The highest BCUT2D eigenvalue weighted by atomic mass is 16.5. The lowest BCUT2D eigenvalue weighted by Gasteiger charge is -2.43. The zero-order chi connectivity index (χ0) is 28.5. The number of piperidine rings is 1. The van der Waals surface area contributed by atoms with Crippen molar-refractivity contribution in [2.24, 2.45) is 0 Å². The summed E-state index contributed by atoms with van der Waals surface area (Å²) in [5.41, 5.74) is 2.85. The molecule has 0 bridgehead atoms. The molecule has 4 rings (SSSR count). The predicted octanol–water partition coefficient (Wildman–Crippen LogP) is 2.33. The highest BCUT2D eigenvalue weighted by Gasteiger charge is 2.41. The van der Waals surface area contributed by atoms with Crippen molar-refractivity contribution in [1.82, 2.24) is 4.90 Å². The van der Waals surface area contributed by atoms with Gasteiger partial charge in [-0.05, 0) is 41.8 Å². The lowest BCUT2D eigenvalue weighted by Crippen LogP contribution is -2.54. The fourth-order valence-corrected chi connectivity index (χ4v) is 5.23. The van der Waals surface area contributed by atoms with Crippen molar-refractivity contribution in [3.8, 4) is 11.5 Å². The minimum atomic E-state index is -1.07. The van der Waals surface area contributed by atoms with E-state index in [1.807, 2.05) is 36.4 Å². The second kappa shape index (κ2) is 14.5. The van der Waals surface area contributed by atoms with Crippen LogP contribution in [0.2, 0.25) is 0 Å². The van der Waals surface area contributed by atoms with Gasteiger partial charge in [0.05, 0.1) is 64.5 Å². The van der Waals surface area contributed by atoms with E-state index in [-0.39, 0.29) is 32.2 Å². The highest BCUT2D eigenvalue weighted by Crippen LogP contribution is 2.36. The average Bonchev–Trinajstić information content (AvgIpc) is 2.98. The van der Waals surface area contributed by atoms with Crippen LogP contribution in [0, 0.1) is 0 Å². The summed E-state index contributed by atoms with van der Waals surface area (Å²) in [6, 6.07) is 13.5. The predicted molar refractivity (Wildman–Crippen MR) is 147 cm³/mol. The Morgan fingerprint density at radius 1 is 1.10 bits per heavy atom. The van der Waals surface area contributed by atoms with Gasteiger partial charge in [-0.25, -0.2) is 4.79 Å². The van der Waals surface area contributed by atoms with Gasteiger partial charge < -0.3 is 48.8 Å². The third kappa shape index (κ3) is 7.55. The Morgan fingerprint density at radius 2 is 1.85 bits per heavy atom. The summed E-state index contributed by atoms with van der Waals surface area (Å²) in [5.74, 6) is 1.21. The molecule has 0 spiro atoms. The standard InChI is InChI=1S/C29H40N2O9/c1-36-12-3-10-30-11-13-38-25-9-4-20(14-24(25)30)18-39-26-15-31(29(34)35)16-27(40-19-22(33)17-32)28(26)21-5-7-23(37-2)8-6-21/h4-9,14,22,26-28,32-33H,3,10-13,15-19H2,1-2H3,(H,34,35)/t22?,26-,27+,28+/m0/s1. The largest absolute Gasteiger partial charge is 0.497 e. The van der Waals surface area contributed by atoms with Crippen molar-refractivity contribution in [1.29, 1.82) is 0 Å². The van der Waals surface area contributed by atoms with E-state index in [1.54, 1.807) is 14.2 Å². The van der Waals surface area contributed by atoms with E-state index in [1.165, 1.54) is 4.90 Å². The summed E-state index contributed by atoms with van der Waals surface area (Å²) < 4.78 is 28.8. The molecular weight excluding hydrogens is 520 g/mol. The minimum Gasteiger partial charge on any atom is -0.497 e. The molecule has 0 aliphatic carbocycles. The summed E-state index contributed by atoms with van der Waals surface area (Å²) in [4.78, 5) is 15.6. The number of ether oxygens (including phenoxy) is 5. The van der Waals surface area contributed by atoms with Crippen molar-refractivity contribution in [2.75, 3.05) is 71.7 Å². The van der Waals surface area contributed by atoms with Gasteiger partial charge in [0.25, 0.3) is 0 Å². The molecule has 3 N–H and O–H groups in total. The van der Waals surface area contributed by atoms with E-state index in [2.05, 4.69) is 11.0 Å². The van der Waals surface area contributed by atoms with Gasteiger partial charge in [0, 0.05) is 26.2 Å². The molecule has 40 heavy (non-hydrogen) atoms. The molecule has 220 valence electrons. The van der Waals surface area contributed by atoms with E-state index < -0.39 is 31.0 Å². The van der Waals surface area contributed by atoms with Gasteiger partial charge >= 0.3 is 6.09 Å².